The number of hydrogen-bond acceptors (Lipinski definition) is 2. The van der Waals surface area contributed by atoms with Crippen molar-refractivity contribution in [2.24, 2.45) is 0 Å². The maximum atomic E-state index is 12.2. The minimum absolute atomic E-state index is 0.292. The number of nitrogens with two attached hydrogens (primary N) is 1. The first-order valence-electron chi connectivity index (χ1n) is 5.60. The number of benzene rings is 2. The number of halogens is 2. The zero-order chi connectivity index (χ0) is 14.0. The highest BCUT2D eigenvalue weighted by Gasteiger charge is 2.14. The van der Waals surface area contributed by atoms with Crippen LogP contribution in [0.25, 0.3) is 0 Å². The third-order valence-electron chi connectivity index (χ3n) is 2.70. The molecule has 0 aliphatic rings. The van der Waals surface area contributed by atoms with Gasteiger partial charge in [-0.2, -0.15) is 0 Å². The molecular weight excluding hydrogens is 328 g/mol. The largest absolute Gasteiger partial charge is 0.398 e. The van der Waals surface area contributed by atoms with E-state index in [4.69, 9.17) is 17.3 Å². The summed E-state index contributed by atoms with van der Waals surface area (Å²) >= 11 is 9.42. The van der Waals surface area contributed by atoms with E-state index in [0.717, 1.165) is 10.0 Å². The van der Waals surface area contributed by atoms with Crippen molar-refractivity contribution in [1.29, 1.82) is 0 Å². The lowest BCUT2D eigenvalue weighted by Crippen LogP contribution is -2.14. The molecule has 0 bridgehead atoms. The third kappa shape index (κ3) is 3.08. The summed E-state index contributed by atoms with van der Waals surface area (Å²) in [6.07, 6.45) is 0. The van der Waals surface area contributed by atoms with E-state index >= 15 is 0 Å². The van der Waals surface area contributed by atoms with Crippen molar-refractivity contribution in [3.63, 3.8) is 0 Å². The van der Waals surface area contributed by atoms with E-state index < -0.39 is 0 Å². The monoisotopic (exact) mass is 338 g/mol. The van der Waals surface area contributed by atoms with Gasteiger partial charge in [0.2, 0.25) is 0 Å². The summed E-state index contributed by atoms with van der Waals surface area (Å²) in [5, 5.41) is 3.11. The number of rotatable bonds is 2. The highest BCUT2D eigenvalue weighted by Crippen LogP contribution is 2.25. The fraction of sp³-hybridized carbons (Fsp3) is 0.0714. The van der Waals surface area contributed by atoms with Crippen LogP contribution >= 0.6 is 27.5 Å². The second kappa shape index (κ2) is 5.63. The molecule has 19 heavy (non-hydrogen) atoms. The molecule has 0 fully saturated rings. The number of nitrogen functional groups attached to an aromatic ring is 1. The van der Waals surface area contributed by atoms with Gasteiger partial charge in [-0.25, -0.2) is 0 Å². The van der Waals surface area contributed by atoms with Crippen molar-refractivity contribution in [2.45, 2.75) is 6.92 Å². The highest BCUT2D eigenvalue weighted by molar-refractivity contribution is 9.10. The molecule has 0 unspecified atom stereocenters. The van der Waals surface area contributed by atoms with Gasteiger partial charge in [-0.1, -0.05) is 39.7 Å². The first kappa shape index (κ1) is 13.9. The van der Waals surface area contributed by atoms with Crippen LogP contribution in [0.5, 0.6) is 0 Å². The molecule has 2 rings (SSSR count). The Morgan fingerprint density at radius 2 is 2.05 bits per heavy atom. The minimum Gasteiger partial charge on any atom is -0.398 e. The number of nitrogens with one attached hydrogen (secondary N) is 1. The minimum atomic E-state index is -0.321. The molecule has 0 aliphatic heterocycles. The molecule has 0 atom stereocenters. The molecule has 0 spiro atoms. The molecule has 0 saturated heterocycles. The lowest BCUT2D eigenvalue weighted by molar-refractivity contribution is 0.102. The molecule has 2 aromatic carbocycles. The lowest BCUT2D eigenvalue weighted by Gasteiger charge is -2.10. The van der Waals surface area contributed by atoms with Gasteiger partial charge in [0.25, 0.3) is 5.91 Å². The van der Waals surface area contributed by atoms with Crippen LogP contribution in [0.2, 0.25) is 5.02 Å². The maximum absolute atomic E-state index is 12.2. The van der Waals surface area contributed by atoms with Crippen LogP contribution in [0.4, 0.5) is 11.4 Å². The zero-order valence-corrected chi connectivity index (χ0v) is 12.5. The smallest absolute Gasteiger partial charge is 0.259 e. The van der Waals surface area contributed by atoms with Crippen LogP contribution < -0.4 is 11.1 Å². The average molecular weight is 340 g/mol. The van der Waals surface area contributed by atoms with Crippen LogP contribution in [-0.2, 0) is 0 Å². The molecule has 1 amide bonds. The molecule has 0 aliphatic carbocycles. The zero-order valence-electron chi connectivity index (χ0n) is 10.2. The van der Waals surface area contributed by atoms with Crippen LogP contribution in [0.1, 0.15) is 15.9 Å². The molecular formula is C14H12BrClN2O. The van der Waals surface area contributed by atoms with Crippen molar-refractivity contribution in [3.8, 4) is 0 Å². The second-order valence-electron chi connectivity index (χ2n) is 4.12. The number of anilines is 2. The molecule has 3 nitrogen and oxygen atoms in total. The standard InChI is InChI=1S/C14H12BrClN2O/c1-8-5-6-9(7-10(8)15)18-14(19)13-11(16)3-2-4-12(13)17/h2-7H,17H2,1H3,(H,18,19). The van der Waals surface area contributed by atoms with Gasteiger partial charge in [0.15, 0.2) is 0 Å². The van der Waals surface area contributed by atoms with Crippen LogP contribution in [0.15, 0.2) is 40.9 Å². The van der Waals surface area contributed by atoms with Crippen LogP contribution in [0.3, 0.4) is 0 Å². The van der Waals surface area contributed by atoms with E-state index in [2.05, 4.69) is 21.2 Å². The molecule has 98 valence electrons. The van der Waals surface area contributed by atoms with E-state index in [9.17, 15) is 4.79 Å². The van der Waals surface area contributed by atoms with Crippen molar-refractivity contribution < 1.29 is 4.79 Å². The normalized spacial score (nSPS) is 10.3. The summed E-state index contributed by atoms with van der Waals surface area (Å²) in [5.74, 6) is -0.321. The van der Waals surface area contributed by atoms with E-state index in [1.54, 1.807) is 18.2 Å². The van der Waals surface area contributed by atoms with E-state index in [-0.39, 0.29) is 5.91 Å². The van der Waals surface area contributed by atoms with Crippen molar-refractivity contribution >= 4 is 44.8 Å². The Kier molecular flexibility index (Phi) is 4.12. The molecule has 2 aromatic rings. The van der Waals surface area contributed by atoms with Crippen molar-refractivity contribution in [2.75, 3.05) is 11.1 Å². The Bertz CT molecular complexity index is 623. The van der Waals surface area contributed by atoms with E-state index in [1.807, 2.05) is 25.1 Å². The van der Waals surface area contributed by atoms with Gasteiger partial charge in [0, 0.05) is 15.8 Å². The average Bonchev–Trinajstić information content (AvgIpc) is 2.33. The van der Waals surface area contributed by atoms with Gasteiger partial charge in [0.05, 0.1) is 10.6 Å². The Labute approximate surface area is 124 Å². The number of hydrogen-bond donors (Lipinski definition) is 2. The number of aryl methyl sites for hydroxylation is 1. The number of amides is 1. The fourth-order valence-corrected chi connectivity index (χ4v) is 2.29. The topological polar surface area (TPSA) is 55.1 Å². The van der Waals surface area contributed by atoms with E-state index in [1.165, 1.54) is 0 Å². The lowest BCUT2D eigenvalue weighted by atomic mass is 10.1. The van der Waals surface area contributed by atoms with Crippen LogP contribution in [0, 0.1) is 6.92 Å². The SMILES string of the molecule is Cc1ccc(NC(=O)c2c(N)cccc2Cl)cc1Br. The van der Waals surface area contributed by atoms with Crippen molar-refractivity contribution in [3.05, 3.63) is 57.0 Å². The molecule has 0 aromatic heterocycles. The molecule has 0 radical (unpaired) electrons. The predicted molar refractivity (Wildman–Crippen MR) is 82.7 cm³/mol. The Morgan fingerprint density at radius 1 is 1.32 bits per heavy atom. The predicted octanol–water partition coefficient (Wildman–Crippen LogP) is 4.25. The van der Waals surface area contributed by atoms with Crippen LogP contribution in [-0.4, -0.2) is 5.91 Å². The Hall–Kier alpha value is -1.52. The molecule has 5 heteroatoms. The number of carbonyl (C=O) groups is 1. The maximum Gasteiger partial charge on any atom is 0.259 e. The number of carbonyl (C=O) groups excluding carboxylic acids is 1. The summed E-state index contributed by atoms with van der Waals surface area (Å²) in [4.78, 5) is 12.2. The second-order valence-corrected chi connectivity index (χ2v) is 5.38. The molecule has 0 saturated carbocycles. The van der Waals surface area contributed by atoms with Gasteiger partial charge in [-0.15, -0.1) is 0 Å². The molecule has 0 heterocycles. The quantitative estimate of drug-likeness (QED) is 0.804. The fourth-order valence-electron chi connectivity index (χ4n) is 1.64. The van der Waals surface area contributed by atoms with Gasteiger partial charge < -0.3 is 11.1 Å². The third-order valence-corrected chi connectivity index (χ3v) is 3.87. The highest BCUT2D eigenvalue weighted by atomic mass is 79.9. The van der Waals surface area contributed by atoms with Gasteiger partial charge in [0.1, 0.15) is 0 Å². The van der Waals surface area contributed by atoms with Gasteiger partial charge >= 0.3 is 0 Å². The van der Waals surface area contributed by atoms with E-state index in [0.29, 0.717) is 22.0 Å². The summed E-state index contributed by atoms with van der Waals surface area (Å²) in [5.41, 5.74) is 8.20. The summed E-state index contributed by atoms with van der Waals surface area (Å²) < 4.78 is 0.928. The van der Waals surface area contributed by atoms with Gasteiger partial charge in [-0.05, 0) is 36.8 Å². The van der Waals surface area contributed by atoms with Gasteiger partial charge in [-0.3, -0.25) is 4.79 Å². The first-order chi connectivity index (χ1) is 8.99. The Balaban J connectivity index is 2.28. The summed E-state index contributed by atoms with van der Waals surface area (Å²) in [6, 6.07) is 10.6. The Morgan fingerprint density at radius 3 is 2.68 bits per heavy atom. The summed E-state index contributed by atoms with van der Waals surface area (Å²) in [6.45, 7) is 1.97. The first-order valence-corrected chi connectivity index (χ1v) is 6.77. The van der Waals surface area contributed by atoms with Crippen molar-refractivity contribution in [1.82, 2.24) is 0 Å². The molecule has 3 N–H and O–H groups in total. The summed E-state index contributed by atoms with van der Waals surface area (Å²) in [7, 11) is 0.